The smallest absolute Gasteiger partial charge is 0.256 e. The van der Waals surface area contributed by atoms with E-state index in [4.69, 9.17) is 11.5 Å². The lowest BCUT2D eigenvalue weighted by molar-refractivity contribution is -0.132. The van der Waals surface area contributed by atoms with Crippen LogP contribution in [0.15, 0.2) is 0 Å². The molecule has 1 aliphatic rings. The summed E-state index contributed by atoms with van der Waals surface area (Å²) in [4.78, 5) is 22.3. The summed E-state index contributed by atoms with van der Waals surface area (Å²) in [5.74, 6) is -0.190. The van der Waals surface area contributed by atoms with E-state index >= 15 is 0 Å². The molecule has 0 aromatic rings. The van der Waals surface area contributed by atoms with Crippen LogP contribution in [0, 0.1) is 5.92 Å². The standard InChI is InChI=1S/C10H19N3O2S/c1-3-6(2)7(11)8(14)10(9(12)15)13-4-5-16-10/h6-7,13H,3-5,11H2,1-2H3,(H2,12,15)/t6-,7-,10?/m0/s1. The molecule has 0 saturated carbocycles. The van der Waals surface area contributed by atoms with Crippen LogP contribution in [0.2, 0.25) is 0 Å². The Morgan fingerprint density at radius 3 is 2.56 bits per heavy atom. The highest BCUT2D eigenvalue weighted by molar-refractivity contribution is 8.02. The Bertz CT molecular complexity index is 290. The second-order valence-electron chi connectivity index (χ2n) is 4.10. The summed E-state index contributed by atoms with van der Waals surface area (Å²) in [6.07, 6.45) is 0.798. The predicted molar refractivity (Wildman–Crippen MR) is 64.8 cm³/mol. The van der Waals surface area contributed by atoms with Crippen LogP contribution < -0.4 is 16.8 Å². The predicted octanol–water partition coefficient (Wildman–Crippen LogP) is -0.553. The summed E-state index contributed by atoms with van der Waals surface area (Å²) < 4.78 is 0. The zero-order valence-corrected chi connectivity index (χ0v) is 10.5. The maximum Gasteiger partial charge on any atom is 0.256 e. The number of thioether (sulfide) groups is 1. The van der Waals surface area contributed by atoms with E-state index in [2.05, 4.69) is 5.32 Å². The molecule has 1 rings (SSSR count). The molecule has 0 aromatic heterocycles. The quantitative estimate of drug-likeness (QED) is 0.564. The van der Waals surface area contributed by atoms with Crippen LogP contribution in [0.3, 0.4) is 0 Å². The summed E-state index contributed by atoms with van der Waals surface area (Å²) in [6.45, 7) is 4.47. The molecule has 0 spiro atoms. The Balaban J connectivity index is 2.88. The van der Waals surface area contributed by atoms with Gasteiger partial charge in [-0.05, 0) is 5.92 Å². The summed E-state index contributed by atoms with van der Waals surface area (Å²) >= 11 is 1.25. The van der Waals surface area contributed by atoms with Crippen LogP contribution in [0.25, 0.3) is 0 Å². The molecule has 3 atom stereocenters. The molecule has 1 heterocycles. The van der Waals surface area contributed by atoms with Crippen molar-refractivity contribution in [3.63, 3.8) is 0 Å². The second kappa shape index (κ2) is 5.16. The molecular formula is C10H19N3O2S. The SMILES string of the molecule is CC[C@H](C)[C@H](N)C(=O)C1(C(N)=O)NCCS1. The summed E-state index contributed by atoms with van der Waals surface area (Å²) in [5.41, 5.74) is 11.2. The van der Waals surface area contributed by atoms with Gasteiger partial charge in [0.05, 0.1) is 6.04 Å². The molecule has 16 heavy (non-hydrogen) atoms. The maximum atomic E-state index is 12.2. The number of primary amides is 1. The minimum absolute atomic E-state index is 0.0479. The number of hydrogen-bond donors (Lipinski definition) is 3. The second-order valence-corrected chi connectivity index (χ2v) is 5.41. The van der Waals surface area contributed by atoms with Crippen molar-refractivity contribution in [1.82, 2.24) is 5.32 Å². The molecule has 0 aliphatic carbocycles. The van der Waals surface area contributed by atoms with Crippen LogP contribution in [0.4, 0.5) is 0 Å². The molecule has 92 valence electrons. The lowest BCUT2D eigenvalue weighted by Crippen LogP contribution is -2.61. The van der Waals surface area contributed by atoms with Gasteiger partial charge in [-0.15, -0.1) is 11.8 Å². The Kier molecular flexibility index (Phi) is 4.35. The zero-order valence-electron chi connectivity index (χ0n) is 9.66. The fourth-order valence-electron chi connectivity index (χ4n) is 1.67. The highest BCUT2D eigenvalue weighted by atomic mass is 32.2. The van der Waals surface area contributed by atoms with Crippen molar-refractivity contribution in [3.8, 4) is 0 Å². The van der Waals surface area contributed by atoms with E-state index in [1.807, 2.05) is 13.8 Å². The van der Waals surface area contributed by atoms with E-state index in [0.717, 1.165) is 6.42 Å². The summed E-state index contributed by atoms with van der Waals surface area (Å²) in [5, 5.41) is 2.89. The lowest BCUT2D eigenvalue weighted by atomic mass is 9.92. The molecule has 5 nitrogen and oxygen atoms in total. The normalized spacial score (nSPS) is 28.7. The average molecular weight is 245 g/mol. The fraction of sp³-hybridized carbons (Fsp3) is 0.800. The molecule has 0 radical (unpaired) electrons. The number of carbonyl (C=O) groups is 2. The fourth-order valence-corrected chi connectivity index (χ4v) is 2.80. The number of nitrogens with one attached hydrogen (secondary N) is 1. The summed E-state index contributed by atoms with van der Waals surface area (Å²) in [7, 11) is 0. The van der Waals surface area contributed by atoms with Crippen molar-refractivity contribution in [2.45, 2.75) is 31.2 Å². The molecule has 1 saturated heterocycles. The molecule has 5 N–H and O–H groups in total. The number of nitrogens with two attached hydrogens (primary N) is 2. The first kappa shape index (κ1) is 13.5. The Morgan fingerprint density at radius 1 is 1.56 bits per heavy atom. The number of rotatable bonds is 5. The topological polar surface area (TPSA) is 98.2 Å². The summed E-state index contributed by atoms with van der Waals surface area (Å²) in [6, 6.07) is -0.643. The molecular weight excluding hydrogens is 226 g/mol. The Labute approximate surface area is 99.7 Å². The molecule has 0 aromatic carbocycles. The number of amides is 1. The third-order valence-electron chi connectivity index (χ3n) is 3.05. The third kappa shape index (κ3) is 2.23. The first-order valence-electron chi connectivity index (χ1n) is 5.44. The van der Waals surface area contributed by atoms with Gasteiger partial charge in [0.2, 0.25) is 4.87 Å². The first-order valence-corrected chi connectivity index (χ1v) is 6.43. The van der Waals surface area contributed by atoms with E-state index in [1.165, 1.54) is 11.8 Å². The minimum atomic E-state index is -1.30. The third-order valence-corrected chi connectivity index (χ3v) is 4.44. The van der Waals surface area contributed by atoms with Gasteiger partial charge in [0, 0.05) is 12.3 Å². The average Bonchev–Trinajstić information content (AvgIpc) is 2.76. The van der Waals surface area contributed by atoms with Crippen LogP contribution >= 0.6 is 11.8 Å². The van der Waals surface area contributed by atoms with Gasteiger partial charge >= 0.3 is 0 Å². The van der Waals surface area contributed by atoms with Crippen LogP contribution in [-0.2, 0) is 9.59 Å². The number of ketones is 1. The van der Waals surface area contributed by atoms with Gasteiger partial charge < -0.3 is 11.5 Å². The van der Waals surface area contributed by atoms with Gasteiger partial charge in [0.25, 0.3) is 5.91 Å². The monoisotopic (exact) mass is 245 g/mol. The van der Waals surface area contributed by atoms with Gasteiger partial charge in [0.15, 0.2) is 5.78 Å². The van der Waals surface area contributed by atoms with Crippen LogP contribution in [0.1, 0.15) is 20.3 Å². The lowest BCUT2D eigenvalue weighted by Gasteiger charge is -2.28. The van der Waals surface area contributed by atoms with Crippen molar-refractivity contribution in [2.24, 2.45) is 17.4 Å². The highest BCUT2D eigenvalue weighted by Gasteiger charge is 2.49. The van der Waals surface area contributed by atoms with E-state index < -0.39 is 16.8 Å². The van der Waals surface area contributed by atoms with Crippen molar-refractivity contribution >= 4 is 23.5 Å². The van der Waals surface area contributed by atoms with Gasteiger partial charge in [-0.25, -0.2) is 0 Å². The molecule has 0 bridgehead atoms. The van der Waals surface area contributed by atoms with Gasteiger partial charge in [-0.2, -0.15) is 0 Å². The van der Waals surface area contributed by atoms with Crippen LogP contribution in [0.5, 0.6) is 0 Å². The van der Waals surface area contributed by atoms with Crippen molar-refractivity contribution < 1.29 is 9.59 Å². The Hall–Kier alpha value is -0.590. The first-order chi connectivity index (χ1) is 7.45. The van der Waals surface area contributed by atoms with Gasteiger partial charge in [-0.3, -0.25) is 14.9 Å². The van der Waals surface area contributed by atoms with Crippen molar-refractivity contribution in [3.05, 3.63) is 0 Å². The number of hydrogen-bond acceptors (Lipinski definition) is 5. The van der Waals surface area contributed by atoms with E-state index in [0.29, 0.717) is 12.3 Å². The van der Waals surface area contributed by atoms with Crippen molar-refractivity contribution in [2.75, 3.05) is 12.3 Å². The molecule has 1 fully saturated rings. The van der Waals surface area contributed by atoms with Gasteiger partial charge in [-0.1, -0.05) is 20.3 Å². The van der Waals surface area contributed by atoms with E-state index in [-0.39, 0.29) is 11.7 Å². The van der Waals surface area contributed by atoms with E-state index in [9.17, 15) is 9.59 Å². The molecule has 1 aliphatic heterocycles. The minimum Gasteiger partial charge on any atom is -0.367 e. The largest absolute Gasteiger partial charge is 0.367 e. The van der Waals surface area contributed by atoms with E-state index in [1.54, 1.807) is 0 Å². The van der Waals surface area contributed by atoms with Crippen LogP contribution in [-0.4, -0.2) is 34.9 Å². The van der Waals surface area contributed by atoms with Gasteiger partial charge in [0.1, 0.15) is 0 Å². The maximum absolute atomic E-state index is 12.2. The number of carbonyl (C=O) groups excluding carboxylic acids is 2. The molecule has 6 heteroatoms. The molecule has 1 amide bonds. The zero-order chi connectivity index (χ0) is 12.3. The molecule has 1 unspecified atom stereocenters. The Morgan fingerprint density at radius 2 is 2.19 bits per heavy atom. The highest BCUT2D eigenvalue weighted by Crippen LogP contribution is 2.30. The van der Waals surface area contributed by atoms with Crippen molar-refractivity contribution in [1.29, 1.82) is 0 Å². The number of Topliss-reactive ketones (excluding diaryl/α,β-unsaturated/α-hetero) is 1.